The second-order valence-electron chi connectivity index (χ2n) is 8.64. The number of anilines is 1. The van der Waals surface area contributed by atoms with Crippen LogP contribution >= 0.6 is 0 Å². The van der Waals surface area contributed by atoms with Crippen molar-refractivity contribution in [3.8, 4) is 0 Å². The number of amides is 4. The number of primary amides is 2. The average molecular weight is 489 g/mol. The maximum atomic E-state index is 13.5. The van der Waals surface area contributed by atoms with Crippen molar-refractivity contribution in [2.24, 2.45) is 17.4 Å². The van der Waals surface area contributed by atoms with Gasteiger partial charge in [0.2, 0.25) is 11.8 Å². The molecule has 0 aliphatic carbocycles. The Hall–Kier alpha value is -4.66. The van der Waals surface area contributed by atoms with E-state index >= 15 is 0 Å². The highest BCUT2D eigenvalue weighted by atomic mass is 16.4. The molecule has 4 amide bonds. The van der Waals surface area contributed by atoms with Gasteiger partial charge in [0.05, 0.1) is 5.56 Å². The van der Waals surface area contributed by atoms with Gasteiger partial charge in [-0.05, 0) is 35.2 Å². The quantitative estimate of drug-likeness (QED) is 0.312. The van der Waals surface area contributed by atoms with Crippen LogP contribution < -0.4 is 22.1 Å². The number of urea groups is 1. The highest BCUT2D eigenvalue weighted by Gasteiger charge is 2.64. The van der Waals surface area contributed by atoms with E-state index in [1.807, 2.05) is 0 Å². The lowest BCUT2D eigenvalue weighted by molar-refractivity contribution is -0.139. The lowest BCUT2D eigenvalue weighted by atomic mass is 9.56. The van der Waals surface area contributed by atoms with Gasteiger partial charge in [-0.1, -0.05) is 80.6 Å². The van der Waals surface area contributed by atoms with Crippen LogP contribution in [0.3, 0.4) is 0 Å². The van der Waals surface area contributed by atoms with Crippen LogP contribution in [0.5, 0.6) is 0 Å². The molecule has 3 rings (SSSR count). The van der Waals surface area contributed by atoms with E-state index in [9.17, 15) is 24.3 Å². The van der Waals surface area contributed by atoms with Crippen molar-refractivity contribution >= 4 is 29.5 Å². The summed E-state index contributed by atoms with van der Waals surface area (Å²) < 4.78 is 0. The normalized spacial score (nSPS) is 14.2. The number of hydrogen-bond donors (Lipinski definition) is 5. The Kier molecular flexibility index (Phi) is 7.43. The molecule has 0 saturated carbocycles. The SMILES string of the molecule is CC(C)C(C(N)=O)(c1ccccc1)C(NC(=O)Nc1cccc(C(=O)O)c1)(C(N)=O)c1ccccc1. The molecule has 186 valence electrons. The standard InChI is InChI=1S/C27H28N4O5/c1-17(2)26(23(28)34,19-11-5-3-6-12-19)27(24(29)35,20-13-7-4-8-14-20)31-25(36)30-21-15-9-10-18(16-21)22(32)33/h3-17H,1-2H3,(H2,28,34)(H2,29,35)(H,32,33)(H2,30,31,36). The maximum Gasteiger partial charge on any atom is 0.335 e. The summed E-state index contributed by atoms with van der Waals surface area (Å²) in [6.45, 7) is 3.43. The fourth-order valence-electron chi connectivity index (χ4n) is 4.84. The van der Waals surface area contributed by atoms with Gasteiger partial charge in [0.1, 0.15) is 5.41 Å². The molecule has 0 heterocycles. The van der Waals surface area contributed by atoms with Gasteiger partial charge in [-0.25, -0.2) is 9.59 Å². The Morgan fingerprint density at radius 1 is 0.778 bits per heavy atom. The summed E-state index contributed by atoms with van der Waals surface area (Å²) >= 11 is 0. The van der Waals surface area contributed by atoms with Crippen molar-refractivity contribution < 1.29 is 24.3 Å². The summed E-state index contributed by atoms with van der Waals surface area (Å²) in [5, 5.41) is 14.5. The van der Waals surface area contributed by atoms with Crippen LogP contribution in [0, 0.1) is 5.92 Å². The van der Waals surface area contributed by atoms with E-state index in [1.165, 1.54) is 24.3 Å². The molecule has 9 heteroatoms. The fraction of sp³-hybridized carbons (Fsp3) is 0.185. The monoisotopic (exact) mass is 488 g/mol. The Bertz CT molecular complexity index is 1280. The fourth-order valence-corrected chi connectivity index (χ4v) is 4.84. The third kappa shape index (κ3) is 4.38. The first-order valence-corrected chi connectivity index (χ1v) is 11.2. The van der Waals surface area contributed by atoms with E-state index in [-0.39, 0.29) is 16.8 Å². The number of rotatable bonds is 9. The molecule has 36 heavy (non-hydrogen) atoms. The zero-order valence-electron chi connectivity index (χ0n) is 19.9. The van der Waals surface area contributed by atoms with Gasteiger partial charge < -0.3 is 27.2 Å². The number of benzene rings is 3. The third-order valence-corrected chi connectivity index (χ3v) is 6.32. The first-order valence-electron chi connectivity index (χ1n) is 11.2. The number of hydrogen-bond acceptors (Lipinski definition) is 4. The predicted molar refractivity (Wildman–Crippen MR) is 135 cm³/mol. The van der Waals surface area contributed by atoms with Crippen molar-refractivity contribution in [2.45, 2.75) is 24.8 Å². The molecule has 2 atom stereocenters. The number of nitrogens with two attached hydrogens (primary N) is 2. The Morgan fingerprint density at radius 3 is 1.81 bits per heavy atom. The maximum absolute atomic E-state index is 13.5. The van der Waals surface area contributed by atoms with Gasteiger partial charge in [-0.2, -0.15) is 0 Å². The minimum absolute atomic E-state index is 0.0463. The van der Waals surface area contributed by atoms with E-state index in [1.54, 1.807) is 74.5 Å². The molecule has 0 radical (unpaired) electrons. The van der Waals surface area contributed by atoms with Crippen LogP contribution in [0.2, 0.25) is 0 Å². The van der Waals surface area contributed by atoms with Gasteiger partial charge in [0, 0.05) is 5.69 Å². The Balaban J connectivity index is 2.27. The van der Waals surface area contributed by atoms with E-state index in [4.69, 9.17) is 11.5 Å². The van der Waals surface area contributed by atoms with Gasteiger partial charge in [0.25, 0.3) is 0 Å². The number of carboxylic acids is 1. The molecular formula is C27H28N4O5. The molecule has 2 unspecified atom stereocenters. The summed E-state index contributed by atoms with van der Waals surface area (Å²) in [4.78, 5) is 51.6. The van der Waals surface area contributed by atoms with Gasteiger partial charge >= 0.3 is 12.0 Å². The molecule has 9 nitrogen and oxygen atoms in total. The minimum Gasteiger partial charge on any atom is -0.478 e. The van der Waals surface area contributed by atoms with Gasteiger partial charge in [-0.15, -0.1) is 0 Å². The summed E-state index contributed by atoms with van der Waals surface area (Å²) in [6, 6.07) is 21.3. The number of aromatic carboxylic acids is 1. The highest BCUT2D eigenvalue weighted by molar-refractivity contribution is 6.04. The lowest BCUT2D eigenvalue weighted by Gasteiger charge is -2.50. The second-order valence-corrected chi connectivity index (χ2v) is 8.64. The van der Waals surface area contributed by atoms with Crippen molar-refractivity contribution in [3.63, 3.8) is 0 Å². The number of carbonyl (C=O) groups is 4. The number of nitrogens with one attached hydrogen (secondary N) is 2. The first-order chi connectivity index (χ1) is 17.1. The van der Waals surface area contributed by atoms with Crippen molar-refractivity contribution in [1.29, 1.82) is 0 Å². The van der Waals surface area contributed by atoms with Crippen LogP contribution in [0.4, 0.5) is 10.5 Å². The molecule has 0 spiro atoms. The van der Waals surface area contributed by atoms with E-state index in [2.05, 4.69) is 10.6 Å². The Labute approximate surface area is 208 Å². The zero-order valence-corrected chi connectivity index (χ0v) is 19.9. The largest absolute Gasteiger partial charge is 0.478 e. The summed E-state index contributed by atoms with van der Waals surface area (Å²) in [5.41, 5.74) is 8.94. The molecule has 3 aromatic rings. The summed E-state index contributed by atoms with van der Waals surface area (Å²) in [6.07, 6.45) is 0. The molecule has 0 aliphatic heterocycles. The summed E-state index contributed by atoms with van der Waals surface area (Å²) in [7, 11) is 0. The molecule has 0 aliphatic rings. The molecule has 0 bridgehead atoms. The predicted octanol–water partition coefficient (Wildman–Crippen LogP) is 2.97. The molecule has 7 N–H and O–H groups in total. The van der Waals surface area contributed by atoms with Crippen LogP contribution in [-0.2, 0) is 20.5 Å². The zero-order chi connectivity index (χ0) is 26.5. The molecule has 0 aromatic heterocycles. The van der Waals surface area contributed by atoms with E-state index in [0.29, 0.717) is 5.56 Å². The lowest BCUT2D eigenvalue weighted by Crippen LogP contribution is -2.72. The molecule has 0 saturated heterocycles. The van der Waals surface area contributed by atoms with Crippen LogP contribution in [0.25, 0.3) is 0 Å². The highest BCUT2D eigenvalue weighted by Crippen LogP contribution is 2.48. The second kappa shape index (κ2) is 10.3. The molecule has 3 aromatic carbocycles. The third-order valence-electron chi connectivity index (χ3n) is 6.32. The van der Waals surface area contributed by atoms with Gasteiger partial charge in [-0.3, -0.25) is 9.59 Å². The van der Waals surface area contributed by atoms with Crippen molar-refractivity contribution in [2.75, 3.05) is 5.32 Å². The van der Waals surface area contributed by atoms with Crippen molar-refractivity contribution in [3.05, 3.63) is 102 Å². The number of carbonyl (C=O) groups excluding carboxylic acids is 3. The van der Waals surface area contributed by atoms with Crippen molar-refractivity contribution in [1.82, 2.24) is 5.32 Å². The smallest absolute Gasteiger partial charge is 0.335 e. The summed E-state index contributed by atoms with van der Waals surface area (Å²) in [5.74, 6) is -3.65. The number of carboxylic acid groups (broad SMARTS) is 1. The minimum atomic E-state index is -2.12. The molecule has 0 fully saturated rings. The molecular weight excluding hydrogens is 460 g/mol. The van der Waals surface area contributed by atoms with Crippen LogP contribution in [0.1, 0.15) is 35.3 Å². The van der Waals surface area contributed by atoms with E-state index < -0.39 is 40.7 Å². The van der Waals surface area contributed by atoms with E-state index in [0.717, 1.165) is 0 Å². The van der Waals surface area contributed by atoms with Crippen LogP contribution in [-0.4, -0.2) is 28.9 Å². The average Bonchev–Trinajstić information content (AvgIpc) is 2.84. The first kappa shape index (κ1) is 26.0. The Morgan fingerprint density at radius 2 is 1.33 bits per heavy atom. The van der Waals surface area contributed by atoms with Gasteiger partial charge in [0.15, 0.2) is 5.54 Å². The topological polar surface area (TPSA) is 165 Å². The van der Waals surface area contributed by atoms with Crippen LogP contribution in [0.15, 0.2) is 84.9 Å².